The van der Waals surface area contributed by atoms with Crippen LogP contribution < -0.4 is 0 Å². The summed E-state index contributed by atoms with van der Waals surface area (Å²) in [5.74, 6) is 1.99. The van der Waals surface area contributed by atoms with Crippen LogP contribution in [0.5, 0.6) is 0 Å². The van der Waals surface area contributed by atoms with Crippen molar-refractivity contribution in [2.45, 2.75) is 0 Å². The molecule has 0 N–H and O–H groups in total. The van der Waals surface area contributed by atoms with Gasteiger partial charge in [-0.3, -0.25) is 0 Å². The van der Waals surface area contributed by atoms with Crippen molar-refractivity contribution in [1.82, 2.24) is 15.0 Å². The number of aromatic nitrogens is 3. The average Bonchev–Trinajstić information content (AvgIpc) is 3.62. The van der Waals surface area contributed by atoms with Gasteiger partial charge in [0.2, 0.25) is 0 Å². The summed E-state index contributed by atoms with van der Waals surface area (Å²) in [4.78, 5) is 15.1. The molecule has 4 heteroatoms. The predicted octanol–water partition coefficient (Wildman–Crippen LogP) is 13.4. The van der Waals surface area contributed by atoms with E-state index in [9.17, 15) is 0 Å². The molecule has 0 unspecified atom stereocenters. The van der Waals surface area contributed by atoms with Crippen LogP contribution >= 0.6 is 11.3 Å². The summed E-state index contributed by atoms with van der Waals surface area (Å²) in [5, 5.41) is 4.88. The van der Waals surface area contributed by atoms with Crippen LogP contribution in [0.4, 0.5) is 0 Å². The summed E-state index contributed by atoms with van der Waals surface area (Å²) in [5.41, 5.74) is 10.1. The zero-order chi connectivity index (χ0) is 35.1. The van der Waals surface area contributed by atoms with Crippen molar-refractivity contribution in [2.75, 3.05) is 0 Å². The average molecular weight is 694 g/mol. The van der Waals surface area contributed by atoms with Crippen molar-refractivity contribution in [3.05, 3.63) is 188 Å². The Morgan fingerprint density at radius 1 is 0.302 bits per heavy atom. The van der Waals surface area contributed by atoms with Crippen molar-refractivity contribution in [3.8, 4) is 67.5 Å². The maximum Gasteiger partial charge on any atom is 0.164 e. The molecule has 0 saturated heterocycles. The molecule has 0 amide bonds. The molecule has 53 heavy (non-hydrogen) atoms. The van der Waals surface area contributed by atoms with Crippen molar-refractivity contribution in [2.24, 2.45) is 0 Å². The van der Waals surface area contributed by atoms with Crippen molar-refractivity contribution >= 4 is 42.3 Å². The van der Waals surface area contributed by atoms with E-state index in [-0.39, 0.29) is 0 Å². The number of rotatable bonds is 6. The summed E-state index contributed by atoms with van der Waals surface area (Å²) in [6.07, 6.45) is 0. The molecule has 3 nitrogen and oxygen atoms in total. The van der Waals surface area contributed by atoms with Crippen LogP contribution in [-0.4, -0.2) is 15.0 Å². The number of thiophene rings is 1. The Morgan fingerprint density at radius 2 is 0.811 bits per heavy atom. The van der Waals surface area contributed by atoms with Gasteiger partial charge in [0.25, 0.3) is 0 Å². The first-order valence-corrected chi connectivity index (χ1v) is 18.6. The molecular formula is C49H31N3S. The smallest absolute Gasteiger partial charge is 0.164 e. The van der Waals surface area contributed by atoms with Crippen LogP contribution in [0.1, 0.15) is 0 Å². The lowest BCUT2D eigenvalue weighted by atomic mass is 9.95. The Labute approximate surface area is 311 Å². The Bertz CT molecular complexity index is 2870. The van der Waals surface area contributed by atoms with E-state index in [0.717, 1.165) is 16.7 Å². The number of fused-ring (bicyclic) bond motifs is 4. The normalized spacial score (nSPS) is 11.4. The van der Waals surface area contributed by atoms with Crippen LogP contribution in [0, 0.1) is 0 Å². The summed E-state index contributed by atoms with van der Waals surface area (Å²) in [6, 6.07) is 66.5. The molecule has 0 bridgehead atoms. The second-order valence-corrected chi connectivity index (χ2v) is 14.3. The third kappa shape index (κ3) is 5.85. The van der Waals surface area contributed by atoms with Gasteiger partial charge < -0.3 is 0 Å². The number of nitrogens with zero attached hydrogens (tertiary/aromatic N) is 3. The fourth-order valence-corrected chi connectivity index (χ4v) is 8.34. The standard InChI is InChI=1S/C49H31N3S/c1-3-12-35(13-4-1)47-50-48(36-14-5-2-6-15-36)52-49(51-47)42-19-10-20-45-46(42)43-31-41(27-28-44(43)53-45)34-23-21-33(22-24-34)38-17-9-18-39(29-38)40-26-25-32-11-7-8-16-37(32)30-40/h1-31H. The highest BCUT2D eigenvalue weighted by atomic mass is 32.1. The van der Waals surface area contributed by atoms with E-state index in [1.165, 1.54) is 64.3 Å². The molecule has 8 aromatic carbocycles. The fourth-order valence-electron chi connectivity index (χ4n) is 7.22. The minimum absolute atomic E-state index is 0.662. The van der Waals surface area contributed by atoms with Crippen molar-refractivity contribution in [1.29, 1.82) is 0 Å². The molecule has 0 radical (unpaired) electrons. The quantitative estimate of drug-likeness (QED) is 0.174. The summed E-state index contributed by atoms with van der Waals surface area (Å²) < 4.78 is 2.44. The zero-order valence-electron chi connectivity index (χ0n) is 28.6. The molecule has 10 aromatic rings. The fraction of sp³-hybridized carbons (Fsp3) is 0. The Kier molecular flexibility index (Phi) is 7.67. The summed E-state index contributed by atoms with van der Waals surface area (Å²) >= 11 is 1.80. The maximum atomic E-state index is 5.08. The minimum atomic E-state index is 0.662. The molecule has 2 aromatic heterocycles. The predicted molar refractivity (Wildman–Crippen MR) is 223 cm³/mol. The summed E-state index contributed by atoms with van der Waals surface area (Å²) in [7, 11) is 0. The maximum absolute atomic E-state index is 5.08. The van der Waals surface area contributed by atoms with Gasteiger partial charge >= 0.3 is 0 Å². The highest BCUT2D eigenvalue weighted by Gasteiger charge is 2.17. The van der Waals surface area contributed by atoms with Gasteiger partial charge in [0.1, 0.15) is 0 Å². The molecule has 0 aliphatic rings. The minimum Gasteiger partial charge on any atom is -0.208 e. The molecular weight excluding hydrogens is 663 g/mol. The molecule has 248 valence electrons. The van der Waals surface area contributed by atoms with E-state index < -0.39 is 0 Å². The van der Waals surface area contributed by atoms with Crippen LogP contribution in [-0.2, 0) is 0 Å². The van der Waals surface area contributed by atoms with Gasteiger partial charge in [0, 0.05) is 36.9 Å². The molecule has 0 saturated carbocycles. The van der Waals surface area contributed by atoms with Gasteiger partial charge in [-0.05, 0) is 74.5 Å². The Balaban J connectivity index is 1.03. The summed E-state index contributed by atoms with van der Waals surface area (Å²) in [6.45, 7) is 0. The lowest BCUT2D eigenvalue weighted by Gasteiger charge is -2.10. The first-order chi connectivity index (χ1) is 26.2. The van der Waals surface area contributed by atoms with Crippen LogP contribution in [0.3, 0.4) is 0 Å². The van der Waals surface area contributed by atoms with E-state index in [2.05, 4.69) is 127 Å². The monoisotopic (exact) mass is 693 g/mol. The first-order valence-electron chi connectivity index (χ1n) is 17.8. The van der Waals surface area contributed by atoms with E-state index >= 15 is 0 Å². The van der Waals surface area contributed by atoms with E-state index in [0.29, 0.717) is 17.5 Å². The number of hydrogen-bond acceptors (Lipinski definition) is 4. The van der Waals surface area contributed by atoms with E-state index in [1.807, 2.05) is 60.7 Å². The lowest BCUT2D eigenvalue weighted by Crippen LogP contribution is -2.00. The second-order valence-electron chi connectivity index (χ2n) is 13.3. The molecule has 2 heterocycles. The van der Waals surface area contributed by atoms with Gasteiger partial charge in [-0.2, -0.15) is 0 Å². The highest BCUT2D eigenvalue weighted by Crippen LogP contribution is 2.41. The van der Waals surface area contributed by atoms with E-state index in [1.54, 1.807) is 11.3 Å². The molecule has 0 atom stereocenters. The van der Waals surface area contributed by atoms with Gasteiger partial charge in [0.15, 0.2) is 17.5 Å². The van der Waals surface area contributed by atoms with Gasteiger partial charge in [0.05, 0.1) is 0 Å². The van der Waals surface area contributed by atoms with Gasteiger partial charge in [-0.15, -0.1) is 11.3 Å². The molecule has 0 fully saturated rings. The third-order valence-corrected chi connectivity index (χ3v) is 11.1. The molecule has 0 aliphatic carbocycles. The van der Waals surface area contributed by atoms with Crippen LogP contribution in [0.15, 0.2) is 188 Å². The number of hydrogen-bond donors (Lipinski definition) is 0. The van der Waals surface area contributed by atoms with Gasteiger partial charge in [-0.1, -0.05) is 158 Å². The third-order valence-electron chi connectivity index (χ3n) is 9.93. The van der Waals surface area contributed by atoms with Gasteiger partial charge in [-0.25, -0.2) is 15.0 Å². The molecule has 0 aliphatic heterocycles. The SMILES string of the molecule is c1ccc(-c2nc(-c3ccccc3)nc(-c3cccc4sc5ccc(-c6ccc(-c7cccc(-c8ccc9ccccc9c8)c7)cc6)cc5c34)n2)cc1. The lowest BCUT2D eigenvalue weighted by molar-refractivity contribution is 1.08. The Hall–Kier alpha value is -6.75. The van der Waals surface area contributed by atoms with Crippen LogP contribution in [0.25, 0.3) is 98.5 Å². The first kappa shape index (κ1) is 31.0. The van der Waals surface area contributed by atoms with Crippen LogP contribution in [0.2, 0.25) is 0 Å². The highest BCUT2D eigenvalue weighted by molar-refractivity contribution is 7.26. The largest absolute Gasteiger partial charge is 0.208 e. The molecule has 0 spiro atoms. The van der Waals surface area contributed by atoms with Crippen molar-refractivity contribution < 1.29 is 0 Å². The van der Waals surface area contributed by atoms with E-state index in [4.69, 9.17) is 15.0 Å². The van der Waals surface area contributed by atoms with Crippen molar-refractivity contribution in [3.63, 3.8) is 0 Å². The topological polar surface area (TPSA) is 38.7 Å². The second kappa shape index (κ2) is 13.1. The molecule has 10 rings (SSSR count). The zero-order valence-corrected chi connectivity index (χ0v) is 29.5. The Morgan fingerprint density at radius 3 is 1.51 bits per heavy atom. The number of benzene rings is 8.